The van der Waals surface area contributed by atoms with Gasteiger partial charge in [0.25, 0.3) is 10.0 Å². The molecule has 7 heteroatoms. The van der Waals surface area contributed by atoms with Gasteiger partial charge in [0.1, 0.15) is 4.87 Å². The lowest BCUT2D eigenvalue weighted by Crippen LogP contribution is -2.51. The van der Waals surface area contributed by atoms with Crippen molar-refractivity contribution in [1.29, 1.82) is 0 Å². The molecule has 0 amide bonds. The minimum Gasteiger partial charge on any atom is -0.450 e. The fraction of sp³-hybridized carbons (Fsp3) is 0.208. The maximum absolute atomic E-state index is 13.8. The van der Waals surface area contributed by atoms with E-state index in [2.05, 4.69) is 4.99 Å². The molecule has 0 N–H and O–H groups in total. The Labute approximate surface area is 187 Å². The molecule has 0 saturated carbocycles. The summed E-state index contributed by atoms with van der Waals surface area (Å²) < 4.78 is 35.1. The lowest BCUT2D eigenvalue weighted by molar-refractivity contribution is 0.147. The van der Waals surface area contributed by atoms with Crippen LogP contribution in [0.15, 0.2) is 82.7 Å². The van der Waals surface area contributed by atoms with E-state index in [1.54, 1.807) is 36.4 Å². The molecular formula is C24H21ClN2O3S. The molecule has 0 bridgehead atoms. The fourth-order valence-corrected chi connectivity index (χ4v) is 6.13. The van der Waals surface area contributed by atoms with Crippen molar-refractivity contribution < 1.29 is 13.2 Å². The average molecular weight is 453 g/mol. The summed E-state index contributed by atoms with van der Waals surface area (Å²) in [5.41, 5.74) is 4.05. The standard InChI is InChI=1S/C24H21ClN2O3S/c1-16-10-12-19(13-11-16)31(28,29)27-21-9-4-3-8-20(21)24(25)15-26-22(30-23(24)27)18-7-5-6-17(2)14-18/h3-14,23H,15H2,1-2H3/t23-,24+/m0/s1. The zero-order valence-electron chi connectivity index (χ0n) is 17.1. The predicted molar refractivity (Wildman–Crippen MR) is 122 cm³/mol. The van der Waals surface area contributed by atoms with Crippen molar-refractivity contribution in [2.24, 2.45) is 4.99 Å². The quantitative estimate of drug-likeness (QED) is 0.539. The highest BCUT2D eigenvalue weighted by Crippen LogP contribution is 2.52. The molecule has 0 saturated heterocycles. The second-order valence-corrected chi connectivity index (χ2v) is 10.4. The van der Waals surface area contributed by atoms with Crippen LogP contribution in [0, 0.1) is 13.8 Å². The third-order valence-electron chi connectivity index (χ3n) is 5.71. The normalized spacial score (nSPS) is 22.4. The lowest BCUT2D eigenvalue weighted by atomic mass is 9.98. The molecule has 0 unspecified atom stereocenters. The Bertz CT molecular complexity index is 1300. The number of para-hydroxylation sites is 1. The van der Waals surface area contributed by atoms with Crippen molar-refractivity contribution >= 4 is 33.2 Å². The van der Waals surface area contributed by atoms with Crippen LogP contribution in [0.4, 0.5) is 5.69 Å². The van der Waals surface area contributed by atoms with E-state index in [1.165, 1.54) is 4.31 Å². The Balaban J connectivity index is 1.64. The number of ether oxygens (including phenoxy) is 1. The van der Waals surface area contributed by atoms with E-state index in [0.717, 1.165) is 16.7 Å². The number of anilines is 1. The van der Waals surface area contributed by atoms with Crippen molar-refractivity contribution in [3.63, 3.8) is 0 Å². The van der Waals surface area contributed by atoms with Gasteiger partial charge in [-0.25, -0.2) is 17.7 Å². The number of aliphatic imine (C=N–C) groups is 1. The minimum atomic E-state index is -3.92. The number of aryl methyl sites for hydroxylation is 2. The fourth-order valence-electron chi connectivity index (χ4n) is 4.11. The number of nitrogens with zero attached hydrogens (tertiary/aromatic N) is 2. The highest BCUT2D eigenvalue weighted by Gasteiger charge is 2.57. The molecule has 0 aromatic heterocycles. The molecule has 158 valence electrons. The smallest absolute Gasteiger partial charge is 0.267 e. The first-order valence-electron chi connectivity index (χ1n) is 9.98. The highest BCUT2D eigenvalue weighted by atomic mass is 35.5. The Hall–Kier alpha value is -2.83. The monoisotopic (exact) mass is 452 g/mol. The first-order chi connectivity index (χ1) is 14.8. The first kappa shape index (κ1) is 20.1. The van der Waals surface area contributed by atoms with Crippen LogP contribution >= 0.6 is 11.6 Å². The van der Waals surface area contributed by atoms with Gasteiger partial charge in [0.05, 0.1) is 17.1 Å². The molecule has 0 aliphatic carbocycles. The summed E-state index contributed by atoms with van der Waals surface area (Å²) in [7, 11) is -3.92. The predicted octanol–water partition coefficient (Wildman–Crippen LogP) is 4.75. The van der Waals surface area contributed by atoms with Crippen molar-refractivity contribution in [2.75, 3.05) is 10.8 Å². The van der Waals surface area contributed by atoms with Crippen LogP contribution in [0.5, 0.6) is 0 Å². The van der Waals surface area contributed by atoms with Gasteiger partial charge in [0.15, 0.2) is 0 Å². The summed E-state index contributed by atoms with van der Waals surface area (Å²) in [5, 5.41) is 0. The van der Waals surface area contributed by atoms with Crippen LogP contribution in [0.25, 0.3) is 0 Å². The number of benzene rings is 3. The van der Waals surface area contributed by atoms with Crippen LogP contribution in [0.3, 0.4) is 0 Å². The second kappa shape index (κ2) is 7.11. The van der Waals surface area contributed by atoms with E-state index in [-0.39, 0.29) is 11.4 Å². The van der Waals surface area contributed by atoms with Crippen molar-refractivity contribution in [3.8, 4) is 0 Å². The number of halogens is 1. The molecule has 2 heterocycles. The molecule has 5 nitrogen and oxygen atoms in total. The number of hydrogen-bond donors (Lipinski definition) is 0. The molecule has 3 aromatic rings. The highest BCUT2D eigenvalue weighted by molar-refractivity contribution is 7.92. The first-order valence-corrected chi connectivity index (χ1v) is 11.8. The van der Waals surface area contributed by atoms with Crippen molar-refractivity contribution in [2.45, 2.75) is 29.8 Å². The van der Waals surface area contributed by atoms with Gasteiger partial charge >= 0.3 is 0 Å². The zero-order chi connectivity index (χ0) is 21.8. The van der Waals surface area contributed by atoms with E-state index in [4.69, 9.17) is 16.3 Å². The van der Waals surface area contributed by atoms with Crippen molar-refractivity contribution in [1.82, 2.24) is 0 Å². The number of alkyl halides is 1. The van der Waals surface area contributed by atoms with E-state index in [9.17, 15) is 8.42 Å². The minimum absolute atomic E-state index is 0.192. The van der Waals surface area contributed by atoms with Gasteiger partial charge in [-0.2, -0.15) is 0 Å². The summed E-state index contributed by atoms with van der Waals surface area (Å²) in [4.78, 5) is 3.68. The maximum Gasteiger partial charge on any atom is 0.267 e. The summed E-state index contributed by atoms with van der Waals surface area (Å²) in [6.07, 6.45) is -0.953. The van der Waals surface area contributed by atoms with Crippen LogP contribution in [-0.2, 0) is 19.6 Å². The van der Waals surface area contributed by atoms with E-state index >= 15 is 0 Å². The van der Waals surface area contributed by atoms with Gasteiger partial charge < -0.3 is 4.74 Å². The molecule has 2 atom stereocenters. The molecule has 0 spiro atoms. The molecule has 2 aliphatic rings. The van der Waals surface area contributed by atoms with Gasteiger partial charge in [-0.1, -0.05) is 53.6 Å². The third-order valence-corrected chi connectivity index (χ3v) is 8.00. The third kappa shape index (κ3) is 3.13. The van der Waals surface area contributed by atoms with Gasteiger partial charge in [-0.05, 0) is 44.2 Å². The van der Waals surface area contributed by atoms with E-state index < -0.39 is 21.1 Å². The van der Waals surface area contributed by atoms with Crippen LogP contribution in [-0.4, -0.2) is 27.1 Å². The summed E-state index contributed by atoms with van der Waals surface area (Å²) >= 11 is 7.06. The SMILES string of the molecule is Cc1ccc(S(=O)(=O)N2c3ccccc3[C@]3(Cl)CN=C(c4cccc(C)c4)O[C@H]23)cc1. The van der Waals surface area contributed by atoms with Crippen LogP contribution in [0.1, 0.15) is 22.3 Å². The van der Waals surface area contributed by atoms with Gasteiger partial charge in [-0.3, -0.25) is 0 Å². The average Bonchev–Trinajstić information content (AvgIpc) is 3.03. The lowest BCUT2D eigenvalue weighted by Gasteiger charge is -2.36. The van der Waals surface area contributed by atoms with E-state index in [0.29, 0.717) is 17.1 Å². The van der Waals surface area contributed by atoms with Crippen LogP contribution in [0.2, 0.25) is 0 Å². The van der Waals surface area contributed by atoms with Gasteiger partial charge in [0, 0.05) is 11.1 Å². The maximum atomic E-state index is 13.8. The molecular weight excluding hydrogens is 432 g/mol. The molecule has 3 aromatic carbocycles. The molecule has 2 aliphatic heterocycles. The van der Waals surface area contributed by atoms with Crippen molar-refractivity contribution in [3.05, 3.63) is 95.1 Å². The molecule has 5 rings (SSSR count). The van der Waals surface area contributed by atoms with Gasteiger partial charge in [-0.15, -0.1) is 11.6 Å². The van der Waals surface area contributed by atoms with Crippen LogP contribution < -0.4 is 4.31 Å². The number of fused-ring (bicyclic) bond motifs is 3. The Morgan fingerprint density at radius 2 is 1.74 bits per heavy atom. The largest absolute Gasteiger partial charge is 0.450 e. The summed E-state index contributed by atoms with van der Waals surface area (Å²) in [6.45, 7) is 4.11. The second-order valence-electron chi connectivity index (χ2n) is 7.95. The number of hydrogen-bond acceptors (Lipinski definition) is 4. The molecule has 0 fully saturated rings. The molecule has 0 radical (unpaired) electrons. The topological polar surface area (TPSA) is 59.0 Å². The van der Waals surface area contributed by atoms with Gasteiger partial charge in [0.2, 0.25) is 12.1 Å². The number of sulfonamides is 1. The zero-order valence-corrected chi connectivity index (χ0v) is 18.7. The van der Waals surface area contributed by atoms with E-state index in [1.807, 2.05) is 50.2 Å². The summed E-state index contributed by atoms with van der Waals surface area (Å²) in [5.74, 6) is 0.391. The summed E-state index contributed by atoms with van der Waals surface area (Å²) in [6, 6.07) is 21.8. The Kier molecular flexibility index (Phi) is 4.61. The number of rotatable bonds is 3. The molecule has 31 heavy (non-hydrogen) atoms. The Morgan fingerprint density at radius 3 is 2.48 bits per heavy atom. The Morgan fingerprint density at radius 1 is 1.00 bits per heavy atom.